The van der Waals surface area contributed by atoms with Crippen LogP contribution in [0.5, 0.6) is 0 Å². The van der Waals surface area contributed by atoms with Crippen molar-refractivity contribution in [2.45, 2.75) is 41.0 Å². The van der Waals surface area contributed by atoms with Gasteiger partial charge in [0.25, 0.3) is 0 Å². The van der Waals surface area contributed by atoms with E-state index in [1.54, 1.807) is 0 Å². The van der Waals surface area contributed by atoms with Gasteiger partial charge in [-0.1, -0.05) is 20.8 Å². The molecule has 0 saturated heterocycles. The Morgan fingerprint density at radius 1 is 1.33 bits per heavy atom. The summed E-state index contributed by atoms with van der Waals surface area (Å²) in [7, 11) is 0. The second-order valence-corrected chi connectivity index (χ2v) is 2.99. The lowest BCUT2D eigenvalue weighted by atomic mass is 10.2. The number of aromatic nitrogens is 1. The molecule has 3 heteroatoms. The zero-order chi connectivity index (χ0) is 11.8. The predicted octanol–water partition coefficient (Wildman–Crippen LogP) is 3.07. The predicted molar refractivity (Wildman–Crippen MR) is 64.0 cm³/mol. The van der Waals surface area contributed by atoms with Gasteiger partial charge in [-0.25, -0.2) is 0 Å². The zero-order valence-corrected chi connectivity index (χ0v) is 10.2. The van der Waals surface area contributed by atoms with Crippen LogP contribution in [0.3, 0.4) is 0 Å². The second kappa shape index (κ2) is 6.98. The summed E-state index contributed by atoms with van der Waals surface area (Å²) in [5.74, 6) is 0.0220. The molecular formula is C12H20N2O. The van der Waals surface area contributed by atoms with Crippen molar-refractivity contribution in [1.82, 2.24) is 4.98 Å². The quantitative estimate of drug-likeness (QED) is 0.811. The van der Waals surface area contributed by atoms with Crippen LogP contribution in [-0.2, 0) is 4.79 Å². The smallest absolute Gasteiger partial charge is 0.224 e. The normalized spacial score (nSPS) is 8.87. The van der Waals surface area contributed by atoms with Crippen LogP contribution in [0.1, 0.15) is 38.6 Å². The molecule has 0 aliphatic carbocycles. The van der Waals surface area contributed by atoms with Gasteiger partial charge in [0.1, 0.15) is 0 Å². The SMILES string of the molecule is CC.CCC(=O)Nc1ccc(C)nc1C. The summed E-state index contributed by atoms with van der Waals surface area (Å²) in [6.45, 7) is 9.64. The van der Waals surface area contributed by atoms with Crippen LogP contribution in [0.2, 0.25) is 0 Å². The van der Waals surface area contributed by atoms with E-state index >= 15 is 0 Å². The summed E-state index contributed by atoms with van der Waals surface area (Å²) in [5.41, 5.74) is 2.63. The molecule has 1 rings (SSSR count). The van der Waals surface area contributed by atoms with Crippen LogP contribution in [0, 0.1) is 13.8 Å². The fourth-order valence-corrected chi connectivity index (χ4v) is 1.06. The topological polar surface area (TPSA) is 42.0 Å². The van der Waals surface area contributed by atoms with Crippen molar-refractivity contribution in [3.05, 3.63) is 23.5 Å². The molecule has 0 fully saturated rings. The average Bonchev–Trinajstić information content (AvgIpc) is 2.25. The molecule has 1 N–H and O–H groups in total. The van der Waals surface area contributed by atoms with Gasteiger partial charge in [0, 0.05) is 12.1 Å². The number of carbonyl (C=O) groups excluding carboxylic acids is 1. The Bertz CT molecular complexity index is 321. The summed E-state index contributed by atoms with van der Waals surface area (Å²) in [5, 5.41) is 2.79. The number of amides is 1. The Kier molecular flexibility index (Phi) is 6.34. The molecule has 0 unspecified atom stereocenters. The van der Waals surface area contributed by atoms with E-state index in [1.165, 1.54) is 0 Å². The Morgan fingerprint density at radius 2 is 1.93 bits per heavy atom. The number of rotatable bonds is 2. The van der Waals surface area contributed by atoms with Crippen LogP contribution in [0.15, 0.2) is 12.1 Å². The highest BCUT2D eigenvalue weighted by molar-refractivity contribution is 5.90. The molecule has 1 aromatic rings. The molecule has 84 valence electrons. The lowest BCUT2D eigenvalue weighted by Crippen LogP contribution is -2.11. The fraction of sp³-hybridized carbons (Fsp3) is 0.500. The average molecular weight is 208 g/mol. The van der Waals surface area contributed by atoms with Crippen LogP contribution >= 0.6 is 0 Å². The molecule has 0 bridgehead atoms. The second-order valence-electron chi connectivity index (χ2n) is 2.99. The molecular weight excluding hydrogens is 188 g/mol. The van der Waals surface area contributed by atoms with E-state index in [1.807, 2.05) is 46.8 Å². The fourth-order valence-electron chi connectivity index (χ4n) is 1.06. The number of hydrogen-bond donors (Lipinski definition) is 1. The standard InChI is InChI=1S/C10H14N2O.C2H6/c1-4-10(13)12-9-6-5-7(2)11-8(9)3;1-2/h5-6H,4H2,1-3H3,(H,12,13);1-2H3. The van der Waals surface area contributed by atoms with E-state index < -0.39 is 0 Å². The number of anilines is 1. The van der Waals surface area contributed by atoms with Gasteiger partial charge in [-0.2, -0.15) is 0 Å². The summed E-state index contributed by atoms with van der Waals surface area (Å²) in [4.78, 5) is 15.3. The van der Waals surface area contributed by atoms with E-state index in [2.05, 4.69) is 10.3 Å². The van der Waals surface area contributed by atoms with Gasteiger partial charge >= 0.3 is 0 Å². The minimum atomic E-state index is 0.0220. The Morgan fingerprint density at radius 3 is 2.40 bits per heavy atom. The van der Waals surface area contributed by atoms with Gasteiger partial charge < -0.3 is 5.32 Å². The largest absolute Gasteiger partial charge is 0.325 e. The lowest BCUT2D eigenvalue weighted by Gasteiger charge is -2.06. The maximum atomic E-state index is 11.1. The van der Waals surface area contributed by atoms with Gasteiger partial charge in [-0.15, -0.1) is 0 Å². The first-order chi connectivity index (χ1) is 7.13. The molecule has 1 amide bonds. The molecule has 0 atom stereocenters. The van der Waals surface area contributed by atoms with Crippen molar-refractivity contribution < 1.29 is 4.79 Å². The molecule has 0 aromatic carbocycles. The molecule has 0 aliphatic heterocycles. The molecule has 0 saturated carbocycles. The number of pyridine rings is 1. The highest BCUT2D eigenvalue weighted by Gasteiger charge is 2.02. The Labute approximate surface area is 91.9 Å². The summed E-state index contributed by atoms with van der Waals surface area (Å²) >= 11 is 0. The Hall–Kier alpha value is -1.38. The lowest BCUT2D eigenvalue weighted by molar-refractivity contribution is -0.115. The highest BCUT2D eigenvalue weighted by atomic mass is 16.1. The minimum Gasteiger partial charge on any atom is -0.325 e. The summed E-state index contributed by atoms with van der Waals surface area (Å²) < 4.78 is 0. The van der Waals surface area contributed by atoms with E-state index in [-0.39, 0.29) is 5.91 Å². The van der Waals surface area contributed by atoms with Crippen LogP contribution < -0.4 is 5.32 Å². The summed E-state index contributed by atoms with van der Waals surface area (Å²) in [6, 6.07) is 3.77. The number of aryl methyl sites for hydroxylation is 2. The molecule has 15 heavy (non-hydrogen) atoms. The Balaban J connectivity index is 0.000000921. The van der Waals surface area contributed by atoms with Crippen molar-refractivity contribution in [1.29, 1.82) is 0 Å². The molecule has 0 radical (unpaired) electrons. The van der Waals surface area contributed by atoms with Gasteiger partial charge in [0.15, 0.2) is 0 Å². The first-order valence-corrected chi connectivity index (χ1v) is 5.37. The molecule has 0 spiro atoms. The minimum absolute atomic E-state index is 0.0220. The zero-order valence-electron chi connectivity index (χ0n) is 10.2. The maximum Gasteiger partial charge on any atom is 0.224 e. The maximum absolute atomic E-state index is 11.1. The first-order valence-electron chi connectivity index (χ1n) is 5.37. The van der Waals surface area contributed by atoms with E-state index in [4.69, 9.17) is 0 Å². The van der Waals surface area contributed by atoms with Crippen molar-refractivity contribution in [3.8, 4) is 0 Å². The van der Waals surface area contributed by atoms with E-state index in [9.17, 15) is 4.79 Å². The van der Waals surface area contributed by atoms with E-state index in [0.29, 0.717) is 6.42 Å². The molecule has 1 aromatic heterocycles. The molecule has 3 nitrogen and oxygen atoms in total. The number of nitrogens with zero attached hydrogens (tertiary/aromatic N) is 1. The number of hydrogen-bond acceptors (Lipinski definition) is 2. The van der Waals surface area contributed by atoms with Gasteiger partial charge in [0.05, 0.1) is 11.4 Å². The third kappa shape index (κ3) is 4.58. The summed E-state index contributed by atoms with van der Waals surface area (Å²) in [6.07, 6.45) is 0.493. The molecule has 0 aliphatic rings. The van der Waals surface area contributed by atoms with Gasteiger partial charge in [-0.3, -0.25) is 9.78 Å². The number of carbonyl (C=O) groups is 1. The van der Waals surface area contributed by atoms with Crippen molar-refractivity contribution in [3.63, 3.8) is 0 Å². The van der Waals surface area contributed by atoms with Crippen LogP contribution in [0.4, 0.5) is 5.69 Å². The highest BCUT2D eigenvalue weighted by Crippen LogP contribution is 2.12. The van der Waals surface area contributed by atoms with Crippen molar-refractivity contribution >= 4 is 11.6 Å². The van der Waals surface area contributed by atoms with Crippen molar-refractivity contribution in [2.24, 2.45) is 0 Å². The van der Waals surface area contributed by atoms with Crippen LogP contribution in [0.25, 0.3) is 0 Å². The van der Waals surface area contributed by atoms with Crippen molar-refractivity contribution in [2.75, 3.05) is 5.32 Å². The first kappa shape index (κ1) is 13.6. The monoisotopic (exact) mass is 208 g/mol. The van der Waals surface area contributed by atoms with Crippen LogP contribution in [-0.4, -0.2) is 10.9 Å². The van der Waals surface area contributed by atoms with E-state index in [0.717, 1.165) is 17.1 Å². The van der Waals surface area contributed by atoms with Gasteiger partial charge in [-0.05, 0) is 26.0 Å². The third-order valence-corrected chi connectivity index (χ3v) is 1.82. The molecule has 1 heterocycles. The third-order valence-electron chi connectivity index (χ3n) is 1.82. The number of nitrogens with one attached hydrogen (secondary N) is 1. The van der Waals surface area contributed by atoms with Gasteiger partial charge in [0.2, 0.25) is 5.91 Å².